The van der Waals surface area contributed by atoms with Crippen LogP contribution in [0.4, 0.5) is 0 Å². The minimum Gasteiger partial charge on any atom is -0.508 e. The van der Waals surface area contributed by atoms with Crippen molar-refractivity contribution in [2.45, 2.75) is 36.8 Å². The summed E-state index contributed by atoms with van der Waals surface area (Å²) >= 11 is 0. The first-order valence-electron chi connectivity index (χ1n) is 15.8. The molecule has 0 spiro atoms. The molecule has 5 atom stereocenters. The van der Waals surface area contributed by atoms with Gasteiger partial charge in [0.15, 0.2) is 52.5 Å². The maximum Gasteiger partial charge on any atom is 0.338 e. The van der Waals surface area contributed by atoms with E-state index in [-0.39, 0.29) is 45.7 Å². The van der Waals surface area contributed by atoms with Gasteiger partial charge < -0.3 is 75.5 Å². The Balaban J connectivity index is 1.48. The number of hydrogen-bond donors (Lipinski definition) is 12. The number of hydrogen-bond acceptors (Lipinski definition) is 16. The number of ether oxygens (including phenoxy) is 3. The average molecular weight is 731 g/mol. The highest BCUT2D eigenvalue weighted by Gasteiger charge is 2.49. The van der Waals surface area contributed by atoms with Crippen molar-refractivity contribution >= 4 is 5.97 Å². The summed E-state index contributed by atoms with van der Waals surface area (Å²) < 4.78 is 18.4. The number of phenolic OH excluding ortho intramolecular Hbond substituents is 11. The van der Waals surface area contributed by atoms with Crippen LogP contribution < -0.4 is 9.47 Å². The molecule has 0 aliphatic carbocycles. The lowest BCUT2D eigenvalue weighted by atomic mass is 9.77. The lowest BCUT2D eigenvalue weighted by molar-refractivity contribution is -0.0285. The molecule has 0 unspecified atom stereocenters. The number of phenols is 11. The molecule has 0 aromatic heterocycles. The number of rotatable bonds is 5. The third-order valence-electron chi connectivity index (χ3n) is 9.20. The summed E-state index contributed by atoms with van der Waals surface area (Å²) in [6.45, 7) is 0. The second-order valence-corrected chi connectivity index (χ2v) is 12.6. The Labute approximate surface area is 297 Å². The topological polar surface area (TPSA) is 288 Å². The molecule has 2 aliphatic rings. The molecule has 5 aromatic carbocycles. The third-order valence-corrected chi connectivity index (χ3v) is 9.20. The van der Waals surface area contributed by atoms with Crippen LogP contribution in [0, 0.1) is 0 Å². The van der Waals surface area contributed by atoms with Crippen LogP contribution in [0.15, 0.2) is 66.7 Å². The number of aliphatic hydroxyl groups excluding tert-OH is 1. The molecule has 5 aromatic rings. The predicted molar refractivity (Wildman–Crippen MR) is 178 cm³/mol. The van der Waals surface area contributed by atoms with Crippen LogP contribution in [0.2, 0.25) is 0 Å². The van der Waals surface area contributed by atoms with Crippen molar-refractivity contribution in [2.24, 2.45) is 0 Å². The predicted octanol–water partition coefficient (Wildman–Crippen LogP) is 3.98. The van der Waals surface area contributed by atoms with Crippen LogP contribution in [-0.2, 0) is 11.2 Å². The Morgan fingerprint density at radius 3 is 1.77 bits per heavy atom. The summed E-state index contributed by atoms with van der Waals surface area (Å²) in [7, 11) is 0. The van der Waals surface area contributed by atoms with E-state index < -0.39 is 105 Å². The molecule has 0 bridgehead atoms. The standard InChI is InChI=1S/C37H30O16/c38-16-9-23(44)29-28(10-16)51-34(14-2-4-19(40)22(43)6-14)36(53-37(50)15-7-25(46)32(49)26(47)8-15)31(29)30-24(45)12-20(41)17-11-27(48)33(52-35(17)30)13-1-3-18(39)21(42)5-13/h1-10,12,27,31,33-34,36,38-49H,11H2/t27-,31+,33+,34+,36+/m0/s1. The molecular weight excluding hydrogens is 700 g/mol. The van der Waals surface area contributed by atoms with Crippen molar-refractivity contribution in [3.8, 4) is 74.7 Å². The molecule has 2 heterocycles. The number of benzene rings is 5. The molecule has 0 fully saturated rings. The summed E-state index contributed by atoms with van der Waals surface area (Å²) in [6, 6.07) is 11.7. The van der Waals surface area contributed by atoms with Gasteiger partial charge in [-0.1, -0.05) is 12.1 Å². The SMILES string of the molecule is O=C(O[C@@H]1[C@@H](c2c(O)cc(O)c3c2O[C@H](c2ccc(O)c(O)c2)[C@@H](O)C3)c2c(O)cc(O)cc2O[C@@H]1c1ccc(O)c(O)c1)c1cc(O)c(O)c(O)c1. The number of fused-ring (bicyclic) bond motifs is 2. The summed E-state index contributed by atoms with van der Waals surface area (Å²) in [5.74, 6) is -10.4. The number of carbonyl (C=O) groups excluding carboxylic acids is 1. The molecular formula is C37H30O16. The largest absolute Gasteiger partial charge is 0.508 e. The normalized spacial score (nSPS) is 20.4. The minimum atomic E-state index is -1.72. The highest BCUT2D eigenvalue weighted by molar-refractivity contribution is 5.91. The van der Waals surface area contributed by atoms with Gasteiger partial charge in [-0.3, -0.25) is 0 Å². The van der Waals surface area contributed by atoms with Gasteiger partial charge in [-0.25, -0.2) is 4.79 Å². The first-order chi connectivity index (χ1) is 25.1. The second-order valence-electron chi connectivity index (χ2n) is 12.6. The van der Waals surface area contributed by atoms with Gasteiger partial charge in [0.1, 0.15) is 40.6 Å². The molecule has 53 heavy (non-hydrogen) atoms. The Bertz CT molecular complexity index is 2280. The van der Waals surface area contributed by atoms with E-state index in [1.807, 2.05) is 0 Å². The summed E-state index contributed by atoms with van der Waals surface area (Å²) in [6.07, 6.45) is -6.19. The van der Waals surface area contributed by atoms with Crippen molar-refractivity contribution in [3.05, 3.63) is 100 Å². The molecule has 12 N–H and O–H groups in total. The van der Waals surface area contributed by atoms with Crippen molar-refractivity contribution in [1.29, 1.82) is 0 Å². The maximum atomic E-state index is 13.8. The van der Waals surface area contributed by atoms with Gasteiger partial charge in [-0.2, -0.15) is 0 Å². The zero-order valence-corrected chi connectivity index (χ0v) is 26.9. The second kappa shape index (κ2) is 12.6. The number of carbonyl (C=O) groups is 1. The fourth-order valence-corrected chi connectivity index (χ4v) is 6.73. The van der Waals surface area contributed by atoms with Gasteiger partial charge in [0.2, 0.25) is 0 Å². The Kier molecular flexibility index (Phi) is 8.18. The average Bonchev–Trinajstić information content (AvgIpc) is 3.09. The zero-order chi connectivity index (χ0) is 38.0. The van der Waals surface area contributed by atoms with E-state index in [4.69, 9.17) is 14.2 Å². The lowest BCUT2D eigenvalue weighted by Crippen LogP contribution is -2.39. The summed E-state index contributed by atoms with van der Waals surface area (Å²) in [5.41, 5.74) is -0.728. The fourth-order valence-electron chi connectivity index (χ4n) is 6.73. The Hall–Kier alpha value is -7.07. The number of esters is 1. The quantitative estimate of drug-likeness (QED) is 0.0899. The highest BCUT2D eigenvalue weighted by atomic mass is 16.6. The van der Waals surface area contributed by atoms with Crippen LogP contribution in [0.3, 0.4) is 0 Å². The van der Waals surface area contributed by atoms with E-state index in [0.717, 1.165) is 54.6 Å². The molecule has 16 heteroatoms. The van der Waals surface area contributed by atoms with Gasteiger partial charge in [-0.15, -0.1) is 0 Å². The van der Waals surface area contributed by atoms with Gasteiger partial charge >= 0.3 is 5.97 Å². The number of aliphatic hydroxyl groups is 1. The van der Waals surface area contributed by atoms with Gasteiger partial charge in [0, 0.05) is 46.9 Å². The maximum absolute atomic E-state index is 13.8. The molecule has 2 aliphatic heterocycles. The molecule has 274 valence electrons. The first kappa shape index (κ1) is 34.4. The first-order valence-corrected chi connectivity index (χ1v) is 15.8. The smallest absolute Gasteiger partial charge is 0.338 e. The Morgan fingerprint density at radius 1 is 0.585 bits per heavy atom. The number of aromatic hydroxyl groups is 11. The monoisotopic (exact) mass is 730 g/mol. The van der Waals surface area contributed by atoms with E-state index in [0.29, 0.717) is 0 Å². The lowest BCUT2D eigenvalue weighted by Gasteiger charge is -2.41. The molecule has 0 saturated heterocycles. The zero-order valence-electron chi connectivity index (χ0n) is 26.9. The molecule has 0 radical (unpaired) electrons. The molecule has 16 nitrogen and oxygen atoms in total. The molecule has 0 saturated carbocycles. The molecule has 0 amide bonds. The highest BCUT2D eigenvalue weighted by Crippen LogP contribution is 2.58. The Morgan fingerprint density at radius 2 is 1.17 bits per heavy atom. The van der Waals surface area contributed by atoms with Crippen molar-refractivity contribution in [3.63, 3.8) is 0 Å². The van der Waals surface area contributed by atoms with E-state index in [1.54, 1.807) is 0 Å². The van der Waals surface area contributed by atoms with E-state index in [2.05, 4.69) is 0 Å². The van der Waals surface area contributed by atoms with E-state index >= 15 is 0 Å². The van der Waals surface area contributed by atoms with Gasteiger partial charge in [-0.05, 0) is 42.0 Å². The third kappa shape index (κ3) is 5.85. The summed E-state index contributed by atoms with van der Waals surface area (Å²) in [5, 5.41) is 126. The van der Waals surface area contributed by atoms with Crippen molar-refractivity contribution in [1.82, 2.24) is 0 Å². The fraction of sp³-hybridized carbons (Fsp3) is 0.162. The van der Waals surface area contributed by atoms with Crippen molar-refractivity contribution in [2.75, 3.05) is 0 Å². The molecule has 7 rings (SSSR count). The van der Waals surface area contributed by atoms with E-state index in [1.165, 1.54) is 12.1 Å². The van der Waals surface area contributed by atoms with E-state index in [9.17, 15) is 66.1 Å². The van der Waals surface area contributed by atoms with Crippen LogP contribution in [0.1, 0.15) is 56.3 Å². The van der Waals surface area contributed by atoms with Gasteiger partial charge in [0.05, 0.1) is 17.6 Å². The van der Waals surface area contributed by atoms with Crippen LogP contribution in [0.5, 0.6) is 74.7 Å². The van der Waals surface area contributed by atoms with Gasteiger partial charge in [0.25, 0.3) is 0 Å². The minimum absolute atomic E-state index is 0.0341. The van der Waals surface area contributed by atoms with Crippen LogP contribution in [0.25, 0.3) is 0 Å². The van der Waals surface area contributed by atoms with Crippen molar-refractivity contribution < 1.29 is 80.3 Å². The van der Waals surface area contributed by atoms with Crippen LogP contribution in [-0.4, -0.2) is 79.5 Å². The summed E-state index contributed by atoms with van der Waals surface area (Å²) in [4.78, 5) is 13.8. The van der Waals surface area contributed by atoms with Crippen LogP contribution >= 0.6 is 0 Å².